The lowest BCUT2D eigenvalue weighted by molar-refractivity contribution is -0.113. The molecule has 0 radical (unpaired) electrons. The molecule has 0 bridgehead atoms. The van der Waals surface area contributed by atoms with Crippen LogP contribution < -0.4 is 10.6 Å². The quantitative estimate of drug-likeness (QED) is 0.448. The molecule has 3 N–H and O–H groups in total. The number of hydroxylamine groups is 2. The van der Waals surface area contributed by atoms with Gasteiger partial charge in [0.05, 0.1) is 34.9 Å². The number of halogens is 4. The van der Waals surface area contributed by atoms with Crippen LogP contribution in [0.5, 0.6) is 0 Å². The van der Waals surface area contributed by atoms with Crippen molar-refractivity contribution in [3.63, 3.8) is 0 Å². The number of nitrogens with one attached hydrogen (secondary N) is 2. The van der Waals surface area contributed by atoms with Crippen LogP contribution in [-0.2, 0) is 17.8 Å². The van der Waals surface area contributed by atoms with Crippen LogP contribution in [0.15, 0.2) is 42.6 Å². The Bertz CT molecular complexity index is 1220. The summed E-state index contributed by atoms with van der Waals surface area (Å²) in [4.78, 5) is 26.4. The van der Waals surface area contributed by atoms with Gasteiger partial charge in [-0.3, -0.25) is 0 Å². The molecule has 0 fully saturated rings. The van der Waals surface area contributed by atoms with Gasteiger partial charge in [0.2, 0.25) is 5.95 Å². The van der Waals surface area contributed by atoms with Crippen molar-refractivity contribution in [1.82, 2.24) is 20.3 Å². The van der Waals surface area contributed by atoms with E-state index in [9.17, 15) is 18.7 Å². The number of carbonyl (C=O) groups excluding carboxylic acids is 1. The van der Waals surface area contributed by atoms with Crippen molar-refractivity contribution < 1.29 is 23.5 Å². The summed E-state index contributed by atoms with van der Waals surface area (Å²) in [7, 11) is 0. The third-order valence-electron chi connectivity index (χ3n) is 5.12. The number of anilines is 2. The predicted octanol–water partition coefficient (Wildman–Crippen LogP) is 4.54. The van der Waals surface area contributed by atoms with Crippen LogP contribution in [0.2, 0.25) is 10.0 Å². The van der Waals surface area contributed by atoms with Gasteiger partial charge in [0.25, 0.3) is 0 Å². The van der Waals surface area contributed by atoms with Crippen LogP contribution in [0, 0.1) is 11.6 Å². The van der Waals surface area contributed by atoms with Gasteiger partial charge in [-0.25, -0.2) is 23.5 Å². The number of aliphatic hydroxyl groups is 1. The van der Waals surface area contributed by atoms with E-state index < -0.39 is 30.4 Å². The van der Waals surface area contributed by atoms with Crippen molar-refractivity contribution in [2.75, 3.05) is 18.5 Å². The molecule has 1 amide bonds. The van der Waals surface area contributed by atoms with Crippen molar-refractivity contribution in [2.24, 2.45) is 0 Å². The minimum Gasteiger partial charge on any atom is -0.394 e. The molecule has 1 aliphatic rings. The van der Waals surface area contributed by atoms with E-state index in [0.717, 1.165) is 11.6 Å². The SMILES string of the molecule is O=C(N[C@H](CO)c1ccc(F)c(Cl)c1)ON1CCc2cnc(Nc3ccc(Cl)c(F)c3)nc2C1. The van der Waals surface area contributed by atoms with E-state index in [2.05, 4.69) is 20.6 Å². The molecule has 2 heterocycles. The molecule has 3 aromatic rings. The van der Waals surface area contributed by atoms with Crippen molar-refractivity contribution in [1.29, 1.82) is 0 Å². The Labute approximate surface area is 203 Å². The lowest BCUT2D eigenvalue weighted by Crippen LogP contribution is -2.39. The van der Waals surface area contributed by atoms with Gasteiger partial charge in [0, 0.05) is 18.4 Å². The lowest BCUT2D eigenvalue weighted by Gasteiger charge is -2.27. The van der Waals surface area contributed by atoms with E-state index in [1.807, 2.05) is 0 Å². The van der Waals surface area contributed by atoms with Gasteiger partial charge in [-0.05, 0) is 47.9 Å². The molecule has 8 nitrogen and oxygen atoms in total. The Kier molecular flexibility index (Phi) is 7.42. The Morgan fingerprint density at radius 1 is 1.18 bits per heavy atom. The highest BCUT2D eigenvalue weighted by Gasteiger charge is 2.23. The lowest BCUT2D eigenvalue weighted by atomic mass is 10.1. The topological polar surface area (TPSA) is 99.6 Å². The minimum atomic E-state index is -0.833. The highest BCUT2D eigenvalue weighted by atomic mass is 35.5. The Balaban J connectivity index is 1.39. The zero-order valence-electron chi connectivity index (χ0n) is 17.6. The first-order valence-electron chi connectivity index (χ1n) is 10.2. The molecule has 1 aliphatic heterocycles. The summed E-state index contributed by atoms with van der Waals surface area (Å²) in [5.41, 5.74) is 2.38. The van der Waals surface area contributed by atoms with E-state index in [1.54, 1.807) is 12.3 Å². The maximum Gasteiger partial charge on any atom is 0.426 e. The van der Waals surface area contributed by atoms with E-state index in [-0.39, 0.29) is 22.5 Å². The van der Waals surface area contributed by atoms with Gasteiger partial charge < -0.3 is 20.6 Å². The van der Waals surface area contributed by atoms with Crippen molar-refractivity contribution in [2.45, 2.75) is 19.0 Å². The highest BCUT2D eigenvalue weighted by molar-refractivity contribution is 6.31. The Morgan fingerprint density at radius 2 is 2.00 bits per heavy atom. The number of rotatable bonds is 6. The van der Waals surface area contributed by atoms with Gasteiger partial charge >= 0.3 is 6.09 Å². The molecule has 12 heteroatoms. The standard InChI is InChI=1S/C22H19Cl2F2N5O3/c23-15-3-2-14(8-18(15)26)28-21-27-9-13-5-6-31(10-19(13)29-21)34-22(33)30-20(11-32)12-1-4-17(25)16(24)7-12/h1-4,7-9,20,32H,5-6,10-11H2,(H,30,33)(H,27,28,29)/t20-/m1/s1. The molecule has 0 saturated heterocycles. The summed E-state index contributed by atoms with van der Waals surface area (Å²) >= 11 is 11.5. The van der Waals surface area contributed by atoms with Gasteiger partial charge in [-0.2, -0.15) is 0 Å². The fourth-order valence-electron chi connectivity index (χ4n) is 3.37. The average molecular weight is 510 g/mol. The maximum absolute atomic E-state index is 13.7. The number of carbonyl (C=O) groups is 1. The second kappa shape index (κ2) is 10.5. The molecule has 4 rings (SSSR count). The monoisotopic (exact) mass is 509 g/mol. The number of aromatic nitrogens is 2. The Hall–Kier alpha value is -3.05. The predicted molar refractivity (Wildman–Crippen MR) is 122 cm³/mol. The molecule has 1 aromatic heterocycles. The fraction of sp³-hybridized carbons (Fsp3) is 0.227. The van der Waals surface area contributed by atoms with Crippen LogP contribution >= 0.6 is 23.2 Å². The number of fused-ring (bicyclic) bond motifs is 1. The summed E-state index contributed by atoms with van der Waals surface area (Å²) in [6.07, 6.45) is 1.40. The molecule has 2 aromatic carbocycles. The molecule has 0 aliphatic carbocycles. The third-order valence-corrected chi connectivity index (χ3v) is 5.72. The number of hydrogen-bond donors (Lipinski definition) is 3. The fourth-order valence-corrected chi connectivity index (χ4v) is 3.68. The number of aliphatic hydroxyl groups excluding tert-OH is 1. The third kappa shape index (κ3) is 5.71. The summed E-state index contributed by atoms with van der Waals surface area (Å²) in [5.74, 6) is -0.923. The minimum absolute atomic E-state index is 0.00828. The highest BCUT2D eigenvalue weighted by Crippen LogP contribution is 2.24. The number of hydrogen-bond acceptors (Lipinski definition) is 7. The van der Waals surface area contributed by atoms with Crippen LogP contribution in [0.4, 0.5) is 25.2 Å². The molecular formula is C22H19Cl2F2N5O3. The number of nitrogens with zero attached hydrogens (tertiary/aromatic N) is 3. The number of amides is 1. The summed E-state index contributed by atoms with van der Waals surface area (Å²) < 4.78 is 27.1. The molecule has 0 saturated carbocycles. The van der Waals surface area contributed by atoms with Crippen LogP contribution in [0.3, 0.4) is 0 Å². The molecule has 178 valence electrons. The molecule has 34 heavy (non-hydrogen) atoms. The largest absolute Gasteiger partial charge is 0.426 e. The first-order valence-corrected chi connectivity index (χ1v) is 10.9. The van der Waals surface area contributed by atoms with Crippen LogP contribution in [0.1, 0.15) is 22.9 Å². The van der Waals surface area contributed by atoms with E-state index in [0.29, 0.717) is 29.9 Å². The van der Waals surface area contributed by atoms with Crippen molar-refractivity contribution >= 4 is 40.9 Å². The molecule has 0 unspecified atom stereocenters. The average Bonchev–Trinajstić information content (AvgIpc) is 2.81. The first-order chi connectivity index (χ1) is 16.3. The van der Waals surface area contributed by atoms with Gasteiger partial charge in [0.1, 0.15) is 11.6 Å². The van der Waals surface area contributed by atoms with Crippen molar-refractivity contribution in [3.8, 4) is 0 Å². The zero-order valence-corrected chi connectivity index (χ0v) is 19.1. The second-order valence-electron chi connectivity index (χ2n) is 7.46. The van der Waals surface area contributed by atoms with E-state index in [4.69, 9.17) is 28.0 Å². The van der Waals surface area contributed by atoms with E-state index >= 15 is 0 Å². The molecule has 0 spiro atoms. The smallest absolute Gasteiger partial charge is 0.394 e. The molecular weight excluding hydrogens is 491 g/mol. The zero-order chi connectivity index (χ0) is 24.2. The normalized spacial score (nSPS) is 14.3. The van der Waals surface area contributed by atoms with Crippen LogP contribution in [-0.4, -0.2) is 39.4 Å². The van der Waals surface area contributed by atoms with Crippen molar-refractivity contribution in [3.05, 3.63) is 81.1 Å². The Morgan fingerprint density at radius 3 is 2.74 bits per heavy atom. The number of benzene rings is 2. The summed E-state index contributed by atoms with van der Waals surface area (Å²) in [5, 5.41) is 16.4. The second-order valence-corrected chi connectivity index (χ2v) is 8.28. The molecule has 1 atom stereocenters. The van der Waals surface area contributed by atoms with E-state index in [1.165, 1.54) is 29.3 Å². The first kappa shape index (κ1) is 24.1. The summed E-state index contributed by atoms with van der Waals surface area (Å²) in [6, 6.07) is 7.31. The van der Waals surface area contributed by atoms with Gasteiger partial charge in [-0.1, -0.05) is 29.3 Å². The van der Waals surface area contributed by atoms with Gasteiger partial charge in [-0.15, -0.1) is 5.06 Å². The van der Waals surface area contributed by atoms with Gasteiger partial charge in [0.15, 0.2) is 0 Å². The van der Waals surface area contributed by atoms with Crippen LogP contribution in [0.25, 0.3) is 0 Å². The maximum atomic E-state index is 13.7. The summed E-state index contributed by atoms with van der Waals surface area (Å²) in [6.45, 7) is 0.166.